The third-order valence-corrected chi connectivity index (χ3v) is 7.95. The quantitative estimate of drug-likeness (QED) is 0.260. The lowest BCUT2D eigenvalue weighted by Gasteiger charge is -2.35. The van der Waals surface area contributed by atoms with Gasteiger partial charge in [-0.15, -0.1) is 0 Å². The van der Waals surface area contributed by atoms with Crippen LogP contribution in [0.25, 0.3) is 0 Å². The van der Waals surface area contributed by atoms with Crippen LogP contribution in [0.2, 0.25) is 0 Å². The van der Waals surface area contributed by atoms with Gasteiger partial charge in [0, 0.05) is 5.41 Å². The Morgan fingerprint density at radius 2 is 1.55 bits per heavy atom. The summed E-state index contributed by atoms with van der Waals surface area (Å²) < 4.78 is 55.1. The molecule has 1 aliphatic rings. The van der Waals surface area contributed by atoms with Crippen molar-refractivity contribution in [3.8, 4) is 0 Å². The molecule has 166 valence electrons. The SMILES string of the molecule is CCCCOP(=O)(OCCCC)C(OP1(=O)OCC(C)(C)CO1)c1ccccc1. The molecule has 0 aliphatic carbocycles. The molecular weight excluding hydrogens is 414 g/mol. The van der Waals surface area contributed by atoms with Crippen LogP contribution in [0.1, 0.15) is 64.8 Å². The Hall–Kier alpha value is -0.520. The van der Waals surface area contributed by atoms with Gasteiger partial charge in [-0.1, -0.05) is 70.9 Å². The average Bonchev–Trinajstić information content (AvgIpc) is 2.70. The van der Waals surface area contributed by atoms with Gasteiger partial charge in [0.25, 0.3) is 0 Å². The van der Waals surface area contributed by atoms with E-state index in [1.807, 2.05) is 33.8 Å². The highest BCUT2D eigenvalue weighted by atomic mass is 31.2. The van der Waals surface area contributed by atoms with Gasteiger partial charge >= 0.3 is 15.4 Å². The second-order valence-corrected chi connectivity index (χ2v) is 11.6. The summed E-state index contributed by atoms with van der Waals surface area (Å²) in [5.74, 6) is -1.20. The Morgan fingerprint density at radius 1 is 1.03 bits per heavy atom. The predicted molar refractivity (Wildman–Crippen MR) is 113 cm³/mol. The van der Waals surface area contributed by atoms with Crippen LogP contribution in [0.15, 0.2) is 30.3 Å². The lowest BCUT2D eigenvalue weighted by Crippen LogP contribution is -2.30. The molecule has 1 saturated heterocycles. The number of phosphoric ester groups is 1. The van der Waals surface area contributed by atoms with Crippen molar-refractivity contribution in [3.05, 3.63) is 35.9 Å². The van der Waals surface area contributed by atoms with Crippen LogP contribution in [0.5, 0.6) is 0 Å². The fourth-order valence-electron chi connectivity index (χ4n) is 2.53. The molecule has 1 unspecified atom stereocenters. The van der Waals surface area contributed by atoms with Crippen molar-refractivity contribution in [3.63, 3.8) is 0 Å². The molecule has 2 rings (SSSR count). The number of unbranched alkanes of at least 4 members (excludes halogenated alkanes) is 2. The third-order valence-electron chi connectivity index (χ3n) is 4.37. The van der Waals surface area contributed by atoms with E-state index in [2.05, 4.69) is 0 Å². The first kappa shape index (κ1) is 24.7. The fourth-order valence-corrected chi connectivity index (χ4v) is 6.57. The summed E-state index contributed by atoms with van der Waals surface area (Å²) in [6.07, 6.45) is 3.21. The molecule has 0 saturated carbocycles. The Kier molecular flexibility index (Phi) is 9.56. The second kappa shape index (κ2) is 11.2. The van der Waals surface area contributed by atoms with E-state index in [0.29, 0.717) is 5.56 Å². The minimum atomic E-state index is -3.92. The lowest BCUT2D eigenvalue weighted by molar-refractivity contribution is -0.00703. The molecule has 0 radical (unpaired) electrons. The van der Waals surface area contributed by atoms with Gasteiger partial charge in [0.1, 0.15) is 0 Å². The van der Waals surface area contributed by atoms with Crippen LogP contribution in [-0.2, 0) is 31.7 Å². The van der Waals surface area contributed by atoms with Crippen molar-refractivity contribution in [2.75, 3.05) is 26.4 Å². The van der Waals surface area contributed by atoms with E-state index in [0.717, 1.165) is 25.7 Å². The third kappa shape index (κ3) is 7.59. The standard InChI is InChI=1S/C20H34O7P2/c1-5-7-14-23-28(21,24-15-8-6-2)19(18-12-10-9-11-13-18)27-29(22)25-16-20(3,4)17-26-29/h9-13,19H,5-8,14-17H2,1-4H3. The molecule has 1 aliphatic heterocycles. The molecule has 1 fully saturated rings. The first-order chi connectivity index (χ1) is 13.7. The summed E-state index contributed by atoms with van der Waals surface area (Å²) in [6.45, 7) is 8.85. The van der Waals surface area contributed by atoms with Crippen molar-refractivity contribution in [2.45, 2.75) is 59.2 Å². The monoisotopic (exact) mass is 448 g/mol. The summed E-state index contributed by atoms with van der Waals surface area (Å²) in [4.78, 5) is 0. The molecule has 0 spiro atoms. The zero-order chi connectivity index (χ0) is 21.4. The highest BCUT2D eigenvalue weighted by Gasteiger charge is 2.47. The summed E-state index contributed by atoms with van der Waals surface area (Å²) in [5, 5.41) is 0. The Morgan fingerprint density at radius 3 is 2.03 bits per heavy atom. The van der Waals surface area contributed by atoms with Crippen molar-refractivity contribution in [1.29, 1.82) is 0 Å². The first-order valence-electron chi connectivity index (χ1n) is 10.2. The van der Waals surface area contributed by atoms with Crippen LogP contribution in [-0.4, -0.2) is 26.4 Å². The summed E-state index contributed by atoms with van der Waals surface area (Å²) >= 11 is 0. The van der Waals surface area contributed by atoms with E-state index in [9.17, 15) is 9.13 Å². The van der Waals surface area contributed by atoms with Crippen LogP contribution < -0.4 is 0 Å². The number of phosphoric acid groups is 1. The smallest absolute Gasteiger partial charge is 0.307 e. The molecule has 1 aromatic rings. The van der Waals surface area contributed by atoms with Gasteiger partial charge < -0.3 is 9.05 Å². The van der Waals surface area contributed by atoms with Gasteiger partial charge in [0.05, 0.1) is 26.4 Å². The topological polar surface area (TPSA) is 80.3 Å². The lowest BCUT2D eigenvalue weighted by atomic mass is 9.97. The maximum Gasteiger partial charge on any atom is 0.476 e. The van der Waals surface area contributed by atoms with E-state index in [1.54, 1.807) is 24.3 Å². The van der Waals surface area contributed by atoms with Crippen molar-refractivity contribution in [1.82, 2.24) is 0 Å². The van der Waals surface area contributed by atoms with Crippen LogP contribution in [0.4, 0.5) is 0 Å². The van der Waals surface area contributed by atoms with Crippen LogP contribution >= 0.6 is 15.4 Å². The minimum absolute atomic E-state index is 0.212. The zero-order valence-electron chi connectivity index (χ0n) is 17.9. The summed E-state index contributed by atoms with van der Waals surface area (Å²) in [5.41, 5.74) is 0.259. The second-order valence-electron chi connectivity index (χ2n) is 7.94. The Bertz CT molecular complexity index is 680. The fraction of sp³-hybridized carbons (Fsp3) is 0.700. The number of benzene rings is 1. The van der Waals surface area contributed by atoms with Gasteiger partial charge in [0.15, 0.2) is 5.85 Å². The van der Waals surface area contributed by atoms with Crippen LogP contribution in [0, 0.1) is 5.41 Å². The molecule has 1 atom stereocenters. The molecule has 0 N–H and O–H groups in total. The minimum Gasteiger partial charge on any atom is -0.307 e. The maximum absolute atomic E-state index is 13.8. The molecular formula is C20H34O7P2. The van der Waals surface area contributed by atoms with Gasteiger partial charge in [0.2, 0.25) is 0 Å². The summed E-state index contributed by atoms with van der Waals surface area (Å²) in [6, 6.07) is 8.89. The van der Waals surface area contributed by atoms with Crippen molar-refractivity contribution in [2.24, 2.45) is 5.41 Å². The van der Waals surface area contributed by atoms with Gasteiger partial charge in [-0.05, 0) is 18.4 Å². The van der Waals surface area contributed by atoms with E-state index >= 15 is 0 Å². The molecule has 1 heterocycles. The molecule has 29 heavy (non-hydrogen) atoms. The highest BCUT2D eigenvalue weighted by molar-refractivity contribution is 7.55. The van der Waals surface area contributed by atoms with Gasteiger partial charge in [-0.2, -0.15) is 0 Å². The summed E-state index contributed by atoms with van der Waals surface area (Å²) in [7, 11) is -7.73. The zero-order valence-corrected chi connectivity index (χ0v) is 19.7. The van der Waals surface area contributed by atoms with Gasteiger partial charge in [-0.3, -0.25) is 18.1 Å². The van der Waals surface area contributed by atoms with Gasteiger partial charge in [-0.25, -0.2) is 4.57 Å². The maximum atomic E-state index is 13.8. The molecule has 0 bridgehead atoms. The van der Waals surface area contributed by atoms with Crippen molar-refractivity contribution >= 4 is 15.4 Å². The van der Waals surface area contributed by atoms with Crippen molar-refractivity contribution < 1.29 is 31.7 Å². The molecule has 0 amide bonds. The van der Waals surface area contributed by atoms with Crippen LogP contribution in [0.3, 0.4) is 0 Å². The average molecular weight is 448 g/mol. The Balaban J connectivity index is 2.31. The van der Waals surface area contributed by atoms with E-state index in [4.69, 9.17) is 22.6 Å². The normalized spacial score (nSPS) is 19.7. The Labute approximate surface area is 174 Å². The van der Waals surface area contributed by atoms with E-state index in [1.165, 1.54) is 0 Å². The highest BCUT2D eigenvalue weighted by Crippen LogP contribution is 2.69. The molecule has 1 aromatic carbocycles. The predicted octanol–water partition coefficient (Wildman–Crippen LogP) is 6.71. The van der Waals surface area contributed by atoms with E-state index < -0.39 is 21.3 Å². The largest absolute Gasteiger partial charge is 0.476 e. The number of hydrogen-bond acceptors (Lipinski definition) is 7. The number of rotatable bonds is 12. The molecule has 0 aromatic heterocycles. The molecule has 9 heteroatoms. The first-order valence-corrected chi connectivity index (χ1v) is 13.3. The van der Waals surface area contributed by atoms with E-state index in [-0.39, 0.29) is 31.8 Å². The number of hydrogen-bond donors (Lipinski definition) is 0. The molecule has 7 nitrogen and oxygen atoms in total.